The Morgan fingerprint density at radius 1 is 0.955 bits per heavy atom. The van der Waals surface area contributed by atoms with Crippen LogP contribution in [0.2, 0.25) is 0 Å². The molecule has 1 unspecified atom stereocenters. The second-order valence-corrected chi connectivity index (χ2v) is 5.32. The molecule has 4 heteroatoms. The van der Waals surface area contributed by atoms with Crippen LogP contribution in [0.25, 0.3) is 0 Å². The van der Waals surface area contributed by atoms with Gasteiger partial charge in [-0.05, 0) is 12.5 Å². The van der Waals surface area contributed by atoms with E-state index < -0.39 is 23.6 Å². The van der Waals surface area contributed by atoms with Gasteiger partial charge in [-0.1, -0.05) is 60.7 Å². The van der Waals surface area contributed by atoms with Gasteiger partial charge in [-0.2, -0.15) is 0 Å². The normalized spacial score (nSPS) is 24.5. The Hall–Kier alpha value is -2.62. The van der Waals surface area contributed by atoms with Gasteiger partial charge in [-0.3, -0.25) is 0 Å². The van der Waals surface area contributed by atoms with Crippen molar-refractivity contribution in [1.82, 2.24) is 0 Å². The molecular formula is C18H16O4. The number of carbonyl (C=O) groups is 2. The third kappa shape index (κ3) is 2.48. The number of ether oxygens (including phenoxy) is 2. The molecule has 0 N–H and O–H groups in total. The number of benzene rings is 2. The Labute approximate surface area is 128 Å². The first kappa shape index (κ1) is 14.3. The standard InChI is InChI=1S/C18H16O4/c1-13-16(19)22-18(17(20)21-13,15-10-6-3-7-11-15)12-14-8-4-2-5-9-14/h2-11,13H,12H2,1H3/t13?,18-/m0/s1. The number of esters is 2. The van der Waals surface area contributed by atoms with Crippen molar-refractivity contribution >= 4 is 11.9 Å². The van der Waals surface area contributed by atoms with Gasteiger partial charge in [-0.15, -0.1) is 0 Å². The van der Waals surface area contributed by atoms with Gasteiger partial charge in [0.2, 0.25) is 5.60 Å². The highest BCUT2D eigenvalue weighted by Gasteiger charge is 2.51. The molecule has 0 bridgehead atoms. The average molecular weight is 296 g/mol. The molecule has 1 saturated heterocycles. The van der Waals surface area contributed by atoms with Crippen molar-refractivity contribution in [2.24, 2.45) is 0 Å². The first-order valence-corrected chi connectivity index (χ1v) is 7.15. The largest absolute Gasteiger partial charge is 0.447 e. The number of rotatable bonds is 3. The van der Waals surface area contributed by atoms with Gasteiger partial charge in [0.05, 0.1) is 0 Å². The Morgan fingerprint density at radius 2 is 1.55 bits per heavy atom. The molecular weight excluding hydrogens is 280 g/mol. The highest BCUT2D eigenvalue weighted by Crippen LogP contribution is 2.35. The number of cyclic esters (lactones) is 2. The first-order chi connectivity index (χ1) is 10.6. The Bertz CT molecular complexity index is 681. The quantitative estimate of drug-likeness (QED) is 0.817. The molecule has 0 radical (unpaired) electrons. The van der Waals surface area contributed by atoms with Crippen molar-refractivity contribution in [2.45, 2.75) is 25.0 Å². The molecule has 0 amide bonds. The van der Waals surface area contributed by atoms with Crippen LogP contribution in [0.1, 0.15) is 18.1 Å². The predicted octanol–water partition coefficient (Wildman–Crippen LogP) is 2.61. The highest BCUT2D eigenvalue weighted by atomic mass is 16.7. The van der Waals surface area contributed by atoms with Crippen LogP contribution < -0.4 is 0 Å². The van der Waals surface area contributed by atoms with E-state index in [1.165, 1.54) is 6.92 Å². The second kappa shape index (κ2) is 5.64. The van der Waals surface area contributed by atoms with E-state index in [2.05, 4.69) is 0 Å². The Kier molecular flexibility index (Phi) is 3.67. The van der Waals surface area contributed by atoms with Crippen LogP contribution in [0.5, 0.6) is 0 Å². The van der Waals surface area contributed by atoms with E-state index in [4.69, 9.17) is 9.47 Å². The molecule has 22 heavy (non-hydrogen) atoms. The van der Waals surface area contributed by atoms with E-state index in [1.54, 1.807) is 24.3 Å². The molecule has 112 valence electrons. The minimum absolute atomic E-state index is 0.245. The molecule has 2 atom stereocenters. The minimum Gasteiger partial charge on any atom is -0.447 e. The van der Waals surface area contributed by atoms with Crippen LogP contribution in [-0.4, -0.2) is 18.0 Å². The van der Waals surface area contributed by atoms with E-state index >= 15 is 0 Å². The first-order valence-electron chi connectivity index (χ1n) is 7.15. The van der Waals surface area contributed by atoms with Gasteiger partial charge in [0.25, 0.3) is 0 Å². The lowest BCUT2D eigenvalue weighted by Gasteiger charge is -2.37. The molecule has 0 aliphatic carbocycles. The zero-order valence-electron chi connectivity index (χ0n) is 12.2. The van der Waals surface area contributed by atoms with Crippen LogP contribution >= 0.6 is 0 Å². The molecule has 1 aliphatic heterocycles. The van der Waals surface area contributed by atoms with Crippen molar-refractivity contribution in [3.05, 3.63) is 71.8 Å². The molecule has 1 fully saturated rings. The fourth-order valence-electron chi connectivity index (χ4n) is 2.58. The van der Waals surface area contributed by atoms with Crippen molar-refractivity contribution < 1.29 is 19.1 Å². The lowest BCUT2D eigenvalue weighted by molar-refractivity contribution is -0.211. The molecule has 2 aromatic carbocycles. The van der Waals surface area contributed by atoms with Gasteiger partial charge in [0.15, 0.2) is 6.10 Å². The topological polar surface area (TPSA) is 52.6 Å². The van der Waals surface area contributed by atoms with Crippen molar-refractivity contribution in [2.75, 3.05) is 0 Å². The third-order valence-electron chi connectivity index (χ3n) is 3.76. The van der Waals surface area contributed by atoms with E-state index in [0.29, 0.717) is 5.56 Å². The fourth-order valence-corrected chi connectivity index (χ4v) is 2.58. The molecule has 4 nitrogen and oxygen atoms in total. The summed E-state index contributed by atoms with van der Waals surface area (Å²) >= 11 is 0. The van der Waals surface area contributed by atoms with Gasteiger partial charge in [0, 0.05) is 12.0 Å². The number of carbonyl (C=O) groups excluding carboxylic acids is 2. The number of hydrogen-bond donors (Lipinski definition) is 0. The van der Waals surface area contributed by atoms with Crippen LogP contribution in [0, 0.1) is 0 Å². The summed E-state index contributed by atoms with van der Waals surface area (Å²) in [6.45, 7) is 1.51. The maximum absolute atomic E-state index is 12.6. The summed E-state index contributed by atoms with van der Waals surface area (Å²) in [6, 6.07) is 18.4. The summed E-state index contributed by atoms with van der Waals surface area (Å²) in [5.41, 5.74) is 0.0846. The second-order valence-electron chi connectivity index (χ2n) is 5.32. The number of hydrogen-bond acceptors (Lipinski definition) is 4. The lowest BCUT2D eigenvalue weighted by Crippen LogP contribution is -2.52. The maximum Gasteiger partial charge on any atom is 0.356 e. The summed E-state index contributed by atoms with van der Waals surface area (Å²) in [4.78, 5) is 24.6. The van der Waals surface area contributed by atoms with Crippen molar-refractivity contribution in [3.8, 4) is 0 Å². The average Bonchev–Trinajstić information content (AvgIpc) is 2.54. The van der Waals surface area contributed by atoms with E-state index in [0.717, 1.165) is 5.56 Å². The van der Waals surface area contributed by atoms with E-state index in [1.807, 2.05) is 36.4 Å². The monoisotopic (exact) mass is 296 g/mol. The van der Waals surface area contributed by atoms with Crippen LogP contribution in [-0.2, 0) is 31.1 Å². The molecule has 1 heterocycles. The molecule has 3 rings (SSSR count). The zero-order valence-corrected chi connectivity index (χ0v) is 12.2. The van der Waals surface area contributed by atoms with Crippen molar-refractivity contribution in [3.63, 3.8) is 0 Å². The lowest BCUT2D eigenvalue weighted by atomic mass is 9.86. The van der Waals surface area contributed by atoms with E-state index in [9.17, 15) is 9.59 Å². The summed E-state index contributed by atoms with van der Waals surface area (Å²) < 4.78 is 10.8. The van der Waals surface area contributed by atoms with Crippen LogP contribution in [0.15, 0.2) is 60.7 Å². The predicted molar refractivity (Wildman–Crippen MR) is 79.9 cm³/mol. The summed E-state index contributed by atoms with van der Waals surface area (Å²) in [7, 11) is 0. The molecule has 0 saturated carbocycles. The third-order valence-corrected chi connectivity index (χ3v) is 3.76. The van der Waals surface area contributed by atoms with Gasteiger partial charge < -0.3 is 9.47 Å². The molecule has 0 aromatic heterocycles. The molecule has 0 spiro atoms. The fraction of sp³-hybridized carbons (Fsp3) is 0.222. The van der Waals surface area contributed by atoms with Crippen LogP contribution in [0.4, 0.5) is 0 Å². The van der Waals surface area contributed by atoms with E-state index in [-0.39, 0.29) is 6.42 Å². The van der Waals surface area contributed by atoms with Gasteiger partial charge >= 0.3 is 11.9 Å². The highest BCUT2D eigenvalue weighted by molar-refractivity contribution is 5.91. The van der Waals surface area contributed by atoms with Gasteiger partial charge in [0.1, 0.15) is 0 Å². The smallest absolute Gasteiger partial charge is 0.356 e. The molecule has 1 aliphatic rings. The SMILES string of the molecule is CC1OC(=O)[C@](Cc2ccccc2)(c2ccccc2)OC1=O. The molecule has 2 aromatic rings. The zero-order chi connectivity index (χ0) is 15.6. The van der Waals surface area contributed by atoms with Gasteiger partial charge in [-0.25, -0.2) is 9.59 Å². The van der Waals surface area contributed by atoms with Crippen LogP contribution in [0.3, 0.4) is 0 Å². The maximum atomic E-state index is 12.6. The Balaban J connectivity index is 2.06. The Morgan fingerprint density at radius 3 is 2.18 bits per heavy atom. The minimum atomic E-state index is -1.42. The summed E-state index contributed by atoms with van der Waals surface area (Å²) in [6.07, 6.45) is -0.630. The van der Waals surface area contributed by atoms with Crippen molar-refractivity contribution in [1.29, 1.82) is 0 Å². The summed E-state index contributed by atoms with van der Waals surface area (Å²) in [5, 5.41) is 0. The summed E-state index contributed by atoms with van der Waals surface area (Å²) in [5.74, 6) is -1.06.